The van der Waals surface area contributed by atoms with Crippen LogP contribution in [0, 0.1) is 17.5 Å². The number of hydrogen-bond acceptors (Lipinski definition) is 7. The van der Waals surface area contributed by atoms with E-state index in [1.54, 1.807) is 4.57 Å². The monoisotopic (exact) mass is 451 g/mol. The van der Waals surface area contributed by atoms with Crippen molar-refractivity contribution in [1.82, 2.24) is 19.5 Å². The third kappa shape index (κ3) is 4.09. The molecule has 170 valence electrons. The highest BCUT2D eigenvalue weighted by atomic mass is 19.1. The fourth-order valence-corrected chi connectivity index (χ4v) is 3.89. The molecule has 1 aliphatic heterocycles. The van der Waals surface area contributed by atoms with Gasteiger partial charge >= 0.3 is 0 Å². The molecule has 32 heavy (non-hydrogen) atoms. The van der Waals surface area contributed by atoms with Crippen LogP contribution in [0.25, 0.3) is 11.2 Å². The smallest absolute Gasteiger partial charge is 0.224 e. The normalized spacial score (nSPS) is 28.8. The van der Waals surface area contributed by atoms with Gasteiger partial charge in [-0.25, -0.2) is 23.1 Å². The summed E-state index contributed by atoms with van der Waals surface area (Å²) in [6, 6.07) is 0.0592. The molecule has 4 atom stereocenters. The summed E-state index contributed by atoms with van der Waals surface area (Å²) in [6.45, 7) is 0.777. The van der Waals surface area contributed by atoms with Gasteiger partial charge in [0.25, 0.3) is 0 Å². The summed E-state index contributed by atoms with van der Waals surface area (Å²) >= 11 is 0. The number of imidazole rings is 1. The van der Waals surface area contributed by atoms with Crippen LogP contribution >= 0.6 is 0 Å². The number of ether oxygens (including phenoxy) is 1. The van der Waals surface area contributed by atoms with Gasteiger partial charge in [0.15, 0.2) is 17.3 Å². The fourth-order valence-electron chi connectivity index (χ4n) is 3.89. The first-order valence-corrected chi connectivity index (χ1v) is 10.3. The predicted octanol–water partition coefficient (Wildman–Crippen LogP) is 3.66. The molecular formula is C21H23F3N6O2. The lowest BCUT2D eigenvalue weighted by atomic mass is 9.93. The van der Waals surface area contributed by atoms with E-state index in [0.29, 0.717) is 42.9 Å². The number of aliphatic hydroxyl groups is 1. The summed E-state index contributed by atoms with van der Waals surface area (Å²) < 4.78 is 73.6. The lowest BCUT2D eigenvalue weighted by Crippen LogP contribution is -2.29. The molecule has 3 heterocycles. The summed E-state index contributed by atoms with van der Waals surface area (Å²) in [5, 5.41) is 15.4. The number of nitrogens with zero attached hydrogens (tertiary/aromatic N) is 4. The maximum Gasteiger partial charge on any atom is 0.224 e. The van der Waals surface area contributed by atoms with Gasteiger partial charge in [-0.15, -0.1) is 0 Å². The van der Waals surface area contributed by atoms with Gasteiger partial charge < -0.3 is 20.5 Å². The second kappa shape index (κ2) is 8.55. The van der Waals surface area contributed by atoms with Crippen molar-refractivity contribution < 1.29 is 27.1 Å². The van der Waals surface area contributed by atoms with E-state index < -0.39 is 48.1 Å². The molecule has 0 radical (unpaired) electrons. The Morgan fingerprint density at radius 1 is 1.16 bits per heavy atom. The van der Waals surface area contributed by atoms with Crippen molar-refractivity contribution in [2.24, 2.45) is 0 Å². The number of rotatable bonds is 5. The zero-order valence-electron chi connectivity index (χ0n) is 19.9. The Labute approximate surface area is 186 Å². The number of hydrogen-bond donors (Lipinski definition) is 3. The number of fused-ring (bicyclic) bond motifs is 1. The van der Waals surface area contributed by atoms with Gasteiger partial charge in [0.05, 0.1) is 24.9 Å². The predicted molar refractivity (Wildman–Crippen MR) is 111 cm³/mol. The van der Waals surface area contributed by atoms with Crippen LogP contribution in [0.5, 0.6) is 0 Å². The molecular weight excluding hydrogens is 425 g/mol. The number of benzene rings is 1. The largest absolute Gasteiger partial charge is 0.393 e. The highest BCUT2D eigenvalue weighted by molar-refractivity contribution is 5.76. The number of aliphatic hydroxyl groups excluding tert-OH is 1. The fraction of sp³-hybridized carbons (Fsp3) is 0.476. The maximum atomic E-state index is 14.3. The number of nitrogens with one attached hydrogen (secondary N) is 2. The molecule has 11 heteroatoms. The van der Waals surface area contributed by atoms with Crippen LogP contribution in [-0.4, -0.2) is 50.0 Å². The van der Waals surface area contributed by atoms with E-state index in [1.165, 1.54) is 6.20 Å². The lowest BCUT2D eigenvalue weighted by molar-refractivity contribution is 0.126. The van der Waals surface area contributed by atoms with Crippen molar-refractivity contribution in [3.05, 3.63) is 35.8 Å². The van der Waals surface area contributed by atoms with Gasteiger partial charge in [-0.05, 0) is 32.0 Å². The molecule has 1 saturated heterocycles. The van der Waals surface area contributed by atoms with Crippen molar-refractivity contribution in [2.75, 3.05) is 23.8 Å². The summed E-state index contributed by atoms with van der Waals surface area (Å²) in [5.41, 5.74) is 0.0687. The number of aromatic nitrogens is 4. The SMILES string of the molecule is [2H]C1C(O)CCC(Nc2ncc3nc(Nc4c(F)cc(F)cc4F)n(C4CCOC4)c3n2)C1([2H])[2H]. The van der Waals surface area contributed by atoms with E-state index in [1.807, 2.05) is 0 Å². The Hall–Kier alpha value is -2.92. The van der Waals surface area contributed by atoms with Crippen LogP contribution in [0.1, 0.15) is 42.2 Å². The van der Waals surface area contributed by atoms with Crippen LogP contribution in [0.15, 0.2) is 18.3 Å². The minimum atomic E-state index is -2.03. The minimum Gasteiger partial charge on any atom is -0.393 e. The van der Waals surface area contributed by atoms with E-state index in [0.717, 1.165) is 0 Å². The zero-order valence-corrected chi connectivity index (χ0v) is 16.9. The summed E-state index contributed by atoms with van der Waals surface area (Å²) in [6.07, 6.45) is -1.90. The average molecular weight is 451 g/mol. The summed E-state index contributed by atoms with van der Waals surface area (Å²) in [5.74, 6) is -3.14. The first kappa shape index (κ1) is 17.6. The van der Waals surface area contributed by atoms with E-state index in [9.17, 15) is 18.3 Å². The van der Waals surface area contributed by atoms with Gasteiger partial charge in [0, 0.05) is 28.9 Å². The van der Waals surface area contributed by atoms with E-state index >= 15 is 0 Å². The van der Waals surface area contributed by atoms with Crippen LogP contribution in [0.4, 0.5) is 30.8 Å². The molecule has 3 aromatic rings. The third-order valence-electron chi connectivity index (χ3n) is 5.49. The third-order valence-corrected chi connectivity index (χ3v) is 5.49. The van der Waals surface area contributed by atoms with E-state index in [4.69, 9.17) is 8.85 Å². The quantitative estimate of drug-likeness (QED) is 0.545. The summed E-state index contributed by atoms with van der Waals surface area (Å²) in [7, 11) is 0. The highest BCUT2D eigenvalue weighted by Crippen LogP contribution is 2.32. The lowest BCUT2D eigenvalue weighted by Gasteiger charge is -2.26. The molecule has 8 nitrogen and oxygen atoms in total. The van der Waals surface area contributed by atoms with Crippen molar-refractivity contribution in [3.63, 3.8) is 0 Å². The Balaban J connectivity index is 1.52. The van der Waals surface area contributed by atoms with Crippen molar-refractivity contribution in [1.29, 1.82) is 0 Å². The Bertz CT molecular complexity index is 1230. The Kier molecular flexibility index (Phi) is 4.71. The average Bonchev–Trinajstić information content (AvgIpc) is 3.44. The molecule has 2 fully saturated rings. The number of anilines is 3. The molecule has 1 aromatic carbocycles. The molecule has 0 amide bonds. The minimum absolute atomic E-state index is 0.0636. The van der Waals surface area contributed by atoms with Gasteiger partial charge in [-0.3, -0.25) is 4.57 Å². The van der Waals surface area contributed by atoms with Crippen LogP contribution in [-0.2, 0) is 4.74 Å². The zero-order chi connectivity index (χ0) is 24.9. The summed E-state index contributed by atoms with van der Waals surface area (Å²) in [4.78, 5) is 13.1. The van der Waals surface area contributed by atoms with Crippen molar-refractivity contribution in [2.45, 2.75) is 50.2 Å². The van der Waals surface area contributed by atoms with Crippen LogP contribution < -0.4 is 10.6 Å². The molecule has 4 unspecified atom stereocenters. The van der Waals surface area contributed by atoms with Gasteiger partial charge in [-0.1, -0.05) is 0 Å². The van der Waals surface area contributed by atoms with E-state index in [2.05, 4.69) is 25.6 Å². The first-order chi connectivity index (χ1) is 16.6. The second-order valence-corrected chi connectivity index (χ2v) is 7.77. The molecule has 2 aromatic heterocycles. The van der Waals surface area contributed by atoms with E-state index in [-0.39, 0.29) is 30.8 Å². The van der Waals surface area contributed by atoms with Gasteiger partial charge in [0.2, 0.25) is 11.9 Å². The topological polar surface area (TPSA) is 97.1 Å². The van der Waals surface area contributed by atoms with Crippen molar-refractivity contribution >= 4 is 28.7 Å². The molecule has 5 rings (SSSR count). The molecule has 2 aliphatic rings. The molecule has 3 N–H and O–H groups in total. The molecule has 0 spiro atoms. The van der Waals surface area contributed by atoms with Crippen LogP contribution in [0.3, 0.4) is 0 Å². The standard InChI is InChI=1S/C21H23F3N6O2/c22-11-7-15(23)18(16(24)8-11)28-21-27-17-9-25-20(26-12-1-3-14(31)4-2-12)29-19(17)30(21)13-5-6-32-10-13/h7-9,12-14,31H,1-6,10H2,(H,27,28)(H,25,26,29)/i1D2,3D. The number of halogens is 3. The van der Waals surface area contributed by atoms with Gasteiger partial charge in [0.1, 0.15) is 17.0 Å². The Morgan fingerprint density at radius 2 is 1.97 bits per heavy atom. The molecule has 1 aliphatic carbocycles. The van der Waals surface area contributed by atoms with Gasteiger partial charge in [-0.2, -0.15) is 4.98 Å². The maximum absolute atomic E-state index is 14.3. The highest BCUT2D eigenvalue weighted by Gasteiger charge is 2.27. The molecule has 0 bridgehead atoms. The molecule has 1 saturated carbocycles. The second-order valence-electron chi connectivity index (χ2n) is 7.77. The van der Waals surface area contributed by atoms with Crippen molar-refractivity contribution in [3.8, 4) is 0 Å². The Morgan fingerprint density at radius 3 is 2.72 bits per heavy atom. The van der Waals surface area contributed by atoms with Crippen LogP contribution in [0.2, 0.25) is 0 Å². The first-order valence-electron chi connectivity index (χ1n) is 11.8.